The van der Waals surface area contributed by atoms with E-state index in [1.807, 2.05) is 19.1 Å². The highest BCUT2D eigenvalue weighted by atomic mass is 35.5. The van der Waals surface area contributed by atoms with Gasteiger partial charge in [0.05, 0.1) is 17.7 Å². The molecule has 0 N–H and O–H groups in total. The summed E-state index contributed by atoms with van der Waals surface area (Å²) in [5.74, 6) is 0.311. The SMILES string of the molecule is CN=CN=CCC1(c2ccc(Oc3ccc(Cl)cc3)cc2Cl)OCC(C)O1. The standard InChI is InChI=1S/C20H20Cl2N2O3/c1-14-12-25-20(27-14,9-10-24-13-23-2)18-8-7-17(11-19(18)22)26-16-5-3-15(21)4-6-16/h3-8,10-11,13-14H,9,12H2,1-2H3. The predicted octanol–water partition coefficient (Wildman–Crippen LogP) is 5.49. The van der Waals surface area contributed by atoms with Crippen molar-refractivity contribution in [2.75, 3.05) is 13.7 Å². The third-order valence-corrected chi connectivity index (χ3v) is 4.56. The summed E-state index contributed by atoms with van der Waals surface area (Å²) in [5, 5.41) is 1.14. The van der Waals surface area contributed by atoms with Gasteiger partial charge in [-0.05, 0) is 49.4 Å². The zero-order chi connectivity index (χ0) is 19.3. The first-order valence-electron chi connectivity index (χ1n) is 8.50. The molecule has 0 aromatic heterocycles. The van der Waals surface area contributed by atoms with Crippen LogP contribution in [0.15, 0.2) is 52.4 Å². The van der Waals surface area contributed by atoms with Crippen LogP contribution in [0.5, 0.6) is 11.5 Å². The van der Waals surface area contributed by atoms with E-state index < -0.39 is 5.79 Å². The van der Waals surface area contributed by atoms with Crippen molar-refractivity contribution in [2.24, 2.45) is 9.98 Å². The van der Waals surface area contributed by atoms with Crippen molar-refractivity contribution in [3.05, 3.63) is 58.1 Å². The van der Waals surface area contributed by atoms with E-state index in [4.69, 9.17) is 37.4 Å². The molecule has 0 radical (unpaired) electrons. The third-order valence-electron chi connectivity index (χ3n) is 3.99. The number of aliphatic imine (C=N–C) groups is 2. The lowest BCUT2D eigenvalue weighted by Crippen LogP contribution is -2.29. The summed E-state index contributed by atoms with van der Waals surface area (Å²) >= 11 is 12.4. The average molecular weight is 407 g/mol. The lowest BCUT2D eigenvalue weighted by atomic mass is 10.0. The molecule has 3 rings (SSSR count). The van der Waals surface area contributed by atoms with Gasteiger partial charge in [-0.15, -0.1) is 0 Å². The number of ether oxygens (including phenoxy) is 3. The van der Waals surface area contributed by atoms with E-state index in [1.165, 1.54) is 6.34 Å². The summed E-state index contributed by atoms with van der Waals surface area (Å²) in [6.07, 6.45) is 3.55. The maximum atomic E-state index is 6.55. The highest BCUT2D eigenvalue weighted by Crippen LogP contribution is 2.41. The van der Waals surface area contributed by atoms with Crippen molar-refractivity contribution < 1.29 is 14.2 Å². The van der Waals surface area contributed by atoms with Crippen LogP contribution in [0.4, 0.5) is 0 Å². The summed E-state index contributed by atoms with van der Waals surface area (Å²) in [4.78, 5) is 7.93. The Kier molecular flexibility index (Phi) is 6.50. The van der Waals surface area contributed by atoms with Crippen LogP contribution in [-0.4, -0.2) is 32.3 Å². The zero-order valence-corrected chi connectivity index (χ0v) is 16.6. The molecule has 1 aliphatic rings. The van der Waals surface area contributed by atoms with Gasteiger partial charge < -0.3 is 14.2 Å². The number of benzene rings is 2. The minimum Gasteiger partial charge on any atom is -0.457 e. The van der Waals surface area contributed by atoms with Gasteiger partial charge in [0, 0.05) is 30.3 Å². The molecule has 2 atom stereocenters. The van der Waals surface area contributed by atoms with Crippen LogP contribution in [0.1, 0.15) is 18.9 Å². The van der Waals surface area contributed by atoms with Gasteiger partial charge in [-0.1, -0.05) is 23.2 Å². The highest BCUT2D eigenvalue weighted by Gasteiger charge is 2.42. The van der Waals surface area contributed by atoms with E-state index in [9.17, 15) is 0 Å². The van der Waals surface area contributed by atoms with Gasteiger partial charge >= 0.3 is 0 Å². The van der Waals surface area contributed by atoms with Crippen molar-refractivity contribution in [1.82, 2.24) is 0 Å². The molecule has 2 aromatic rings. The second kappa shape index (κ2) is 8.85. The van der Waals surface area contributed by atoms with Crippen LogP contribution in [0.3, 0.4) is 0 Å². The normalized spacial score (nSPS) is 22.7. The Morgan fingerprint density at radius 3 is 2.56 bits per heavy atom. The largest absolute Gasteiger partial charge is 0.457 e. The molecule has 0 aliphatic carbocycles. The molecular weight excluding hydrogens is 387 g/mol. The van der Waals surface area contributed by atoms with Gasteiger partial charge in [0.15, 0.2) is 0 Å². The molecule has 0 spiro atoms. The lowest BCUT2D eigenvalue weighted by Gasteiger charge is -2.28. The fourth-order valence-corrected chi connectivity index (χ4v) is 3.24. The Morgan fingerprint density at radius 2 is 1.93 bits per heavy atom. The average Bonchev–Trinajstić information content (AvgIpc) is 3.03. The molecule has 1 fully saturated rings. The Labute approximate surface area is 168 Å². The van der Waals surface area contributed by atoms with Crippen LogP contribution in [0.25, 0.3) is 0 Å². The first kappa shape index (κ1) is 19.8. The number of hydrogen-bond donors (Lipinski definition) is 0. The molecule has 1 saturated heterocycles. The number of hydrogen-bond acceptors (Lipinski definition) is 4. The van der Waals surface area contributed by atoms with Crippen molar-refractivity contribution >= 4 is 35.8 Å². The van der Waals surface area contributed by atoms with E-state index >= 15 is 0 Å². The van der Waals surface area contributed by atoms with Crippen LogP contribution in [0, 0.1) is 0 Å². The van der Waals surface area contributed by atoms with Gasteiger partial charge in [-0.3, -0.25) is 4.99 Å². The predicted molar refractivity (Wildman–Crippen MR) is 109 cm³/mol. The third kappa shape index (κ3) is 4.87. The highest BCUT2D eigenvalue weighted by molar-refractivity contribution is 6.31. The lowest BCUT2D eigenvalue weighted by molar-refractivity contribution is -0.168. The van der Waals surface area contributed by atoms with Crippen molar-refractivity contribution in [3.63, 3.8) is 0 Å². The van der Waals surface area contributed by atoms with Crippen molar-refractivity contribution in [1.29, 1.82) is 0 Å². The Balaban J connectivity index is 1.84. The Bertz CT molecular complexity index is 840. The first-order chi connectivity index (χ1) is 13.0. The Hall–Kier alpha value is -1.92. The molecule has 0 amide bonds. The second-order valence-corrected chi connectivity index (χ2v) is 6.94. The maximum Gasteiger partial charge on any atom is 0.201 e. The van der Waals surface area contributed by atoms with Crippen LogP contribution < -0.4 is 4.74 Å². The summed E-state index contributed by atoms with van der Waals surface area (Å²) in [5.41, 5.74) is 0.733. The molecule has 0 saturated carbocycles. The van der Waals surface area contributed by atoms with Gasteiger partial charge in [-0.2, -0.15) is 0 Å². The molecule has 142 valence electrons. The summed E-state index contributed by atoms with van der Waals surface area (Å²) in [6, 6.07) is 12.5. The smallest absolute Gasteiger partial charge is 0.201 e. The number of nitrogens with zero attached hydrogens (tertiary/aromatic N) is 2. The van der Waals surface area contributed by atoms with Crippen molar-refractivity contribution in [2.45, 2.75) is 25.2 Å². The number of rotatable bonds is 6. The molecule has 27 heavy (non-hydrogen) atoms. The van der Waals surface area contributed by atoms with Gasteiger partial charge in [-0.25, -0.2) is 4.99 Å². The van der Waals surface area contributed by atoms with Crippen LogP contribution in [0.2, 0.25) is 10.0 Å². The molecule has 1 aliphatic heterocycles. The van der Waals surface area contributed by atoms with E-state index in [0.29, 0.717) is 34.6 Å². The molecular formula is C20H20Cl2N2O3. The maximum absolute atomic E-state index is 6.55. The van der Waals surface area contributed by atoms with Crippen LogP contribution >= 0.6 is 23.2 Å². The Morgan fingerprint density at radius 1 is 1.19 bits per heavy atom. The quantitative estimate of drug-likeness (QED) is 0.470. The zero-order valence-electron chi connectivity index (χ0n) is 15.1. The molecule has 2 unspecified atom stereocenters. The molecule has 2 aromatic carbocycles. The van der Waals surface area contributed by atoms with E-state index in [0.717, 1.165) is 5.56 Å². The topological polar surface area (TPSA) is 52.4 Å². The molecule has 5 nitrogen and oxygen atoms in total. The van der Waals surface area contributed by atoms with E-state index in [1.54, 1.807) is 43.6 Å². The molecule has 7 heteroatoms. The van der Waals surface area contributed by atoms with E-state index in [2.05, 4.69) is 9.98 Å². The fraction of sp³-hybridized carbons (Fsp3) is 0.300. The van der Waals surface area contributed by atoms with Gasteiger partial charge in [0.2, 0.25) is 5.79 Å². The first-order valence-corrected chi connectivity index (χ1v) is 9.25. The minimum atomic E-state index is -0.972. The molecule has 0 bridgehead atoms. The monoisotopic (exact) mass is 406 g/mol. The molecule has 1 heterocycles. The van der Waals surface area contributed by atoms with E-state index in [-0.39, 0.29) is 6.10 Å². The minimum absolute atomic E-state index is 0.0423. The summed E-state index contributed by atoms with van der Waals surface area (Å²) in [7, 11) is 1.66. The number of halogens is 2. The van der Waals surface area contributed by atoms with Gasteiger partial charge in [0.1, 0.15) is 17.8 Å². The second-order valence-electron chi connectivity index (χ2n) is 6.10. The van der Waals surface area contributed by atoms with Crippen LogP contribution in [-0.2, 0) is 15.3 Å². The summed E-state index contributed by atoms with van der Waals surface area (Å²) < 4.78 is 17.9. The fourth-order valence-electron chi connectivity index (χ4n) is 2.80. The van der Waals surface area contributed by atoms with Gasteiger partial charge in [0.25, 0.3) is 0 Å². The van der Waals surface area contributed by atoms with Crippen molar-refractivity contribution in [3.8, 4) is 11.5 Å². The summed E-state index contributed by atoms with van der Waals surface area (Å²) in [6.45, 7) is 2.44.